The third-order valence-corrected chi connectivity index (χ3v) is 8.85. The fraction of sp³-hybridized carbons (Fsp3) is 0.679. The van der Waals surface area contributed by atoms with Gasteiger partial charge in [-0.1, -0.05) is 52.7 Å². The average Bonchev–Trinajstić information content (AvgIpc) is 3.33. The molecular weight excluding hydrogens is 424 g/mol. The predicted octanol–water partition coefficient (Wildman–Crippen LogP) is 6.06. The molecule has 33 heavy (non-hydrogen) atoms. The Morgan fingerprint density at radius 2 is 1.76 bits per heavy atom. The van der Waals surface area contributed by atoms with Gasteiger partial charge in [0.2, 0.25) is 0 Å². The van der Waals surface area contributed by atoms with Crippen LogP contribution in [0.5, 0.6) is 0 Å². The van der Waals surface area contributed by atoms with Gasteiger partial charge in [0, 0.05) is 56.3 Å². The van der Waals surface area contributed by atoms with E-state index in [1.165, 1.54) is 80.1 Å². The molecule has 0 saturated carbocycles. The summed E-state index contributed by atoms with van der Waals surface area (Å²) in [6, 6.07) is 7.83. The number of anilines is 1. The van der Waals surface area contributed by atoms with Crippen molar-refractivity contribution in [2.75, 3.05) is 51.2 Å². The number of aromatic nitrogens is 1. The van der Waals surface area contributed by atoms with E-state index in [1.807, 2.05) is 11.3 Å². The molecule has 5 heteroatoms. The molecule has 0 radical (unpaired) electrons. The van der Waals surface area contributed by atoms with E-state index in [9.17, 15) is 0 Å². The number of nitrogens with zero attached hydrogens (tertiary/aromatic N) is 4. The first-order chi connectivity index (χ1) is 15.9. The summed E-state index contributed by atoms with van der Waals surface area (Å²) >= 11 is 1.82. The maximum Gasteiger partial charge on any atom is 0.185 e. The summed E-state index contributed by atoms with van der Waals surface area (Å²) in [6.45, 7) is 16.5. The quantitative estimate of drug-likeness (QED) is 0.470. The Bertz CT molecular complexity index is 889. The number of thiazole rings is 1. The normalized spacial score (nSPS) is 19.4. The number of benzene rings is 1. The molecule has 2 aliphatic rings. The zero-order chi connectivity index (χ0) is 23.4. The lowest BCUT2D eigenvalue weighted by molar-refractivity contribution is 0.0982. The van der Waals surface area contributed by atoms with Crippen molar-refractivity contribution >= 4 is 16.5 Å². The molecule has 4 rings (SSSR count). The standard InChI is InChI=1S/C28H44N4S/c1-6-8-13-28(3,4)25-20-23(10-9-22(25)7-2)26-21-33-27(29-26)32-14-11-24(12-15-32)31-18-16-30(5)17-19-31/h9-10,20-21,24H,6-8,11-19H2,1-5H3. The third kappa shape index (κ3) is 5.80. The third-order valence-electron chi connectivity index (χ3n) is 7.95. The second-order valence-electron chi connectivity index (χ2n) is 10.8. The maximum absolute atomic E-state index is 5.12. The van der Waals surface area contributed by atoms with Crippen molar-refractivity contribution in [2.24, 2.45) is 0 Å². The fourth-order valence-corrected chi connectivity index (χ4v) is 6.47. The lowest BCUT2D eigenvalue weighted by atomic mass is 9.76. The van der Waals surface area contributed by atoms with E-state index < -0.39 is 0 Å². The zero-order valence-corrected chi connectivity index (χ0v) is 22.4. The van der Waals surface area contributed by atoms with E-state index in [4.69, 9.17) is 4.98 Å². The van der Waals surface area contributed by atoms with Crippen molar-refractivity contribution in [1.82, 2.24) is 14.8 Å². The molecule has 4 nitrogen and oxygen atoms in total. The first-order valence-electron chi connectivity index (χ1n) is 13.2. The number of unbranched alkanes of at least 4 members (excludes halogenated alkanes) is 1. The molecule has 2 aromatic rings. The molecular formula is C28H44N4S. The molecule has 3 heterocycles. The van der Waals surface area contributed by atoms with Gasteiger partial charge in [0.05, 0.1) is 5.69 Å². The highest BCUT2D eigenvalue weighted by Crippen LogP contribution is 2.36. The van der Waals surface area contributed by atoms with Crippen molar-refractivity contribution in [3.63, 3.8) is 0 Å². The van der Waals surface area contributed by atoms with E-state index in [1.54, 1.807) is 0 Å². The molecule has 182 valence electrons. The molecule has 0 unspecified atom stereocenters. The molecule has 2 fully saturated rings. The highest BCUT2D eigenvalue weighted by atomic mass is 32.1. The molecule has 0 atom stereocenters. The summed E-state index contributed by atoms with van der Waals surface area (Å²) in [4.78, 5) is 12.8. The van der Waals surface area contributed by atoms with E-state index in [0.717, 1.165) is 31.2 Å². The van der Waals surface area contributed by atoms with E-state index in [-0.39, 0.29) is 5.41 Å². The average molecular weight is 469 g/mol. The van der Waals surface area contributed by atoms with E-state index >= 15 is 0 Å². The molecule has 0 spiro atoms. The van der Waals surface area contributed by atoms with Crippen LogP contribution in [-0.2, 0) is 11.8 Å². The lowest BCUT2D eigenvalue weighted by Gasteiger charge is -2.42. The van der Waals surface area contributed by atoms with Crippen LogP contribution in [0.25, 0.3) is 11.3 Å². The summed E-state index contributed by atoms with van der Waals surface area (Å²) in [5.74, 6) is 0. The molecule has 0 N–H and O–H groups in total. The minimum absolute atomic E-state index is 0.210. The van der Waals surface area contributed by atoms with Crippen LogP contribution < -0.4 is 4.90 Å². The van der Waals surface area contributed by atoms with Crippen LogP contribution in [0, 0.1) is 0 Å². The van der Waals surface area contributed by atoms with Crippen LogP contribution >= 0.6 is 11.3 Å². The second kappa shape index (κ2) is 10.9. The lowest BCUT2D eigenvalue weighted by Crippen LogP contribution is -2.52. The molecule has 0 amide bonds. The van der Waals surface area contributed by atoms with Gasteiger partial charge in [0.15, 0.2) is 5.13 Å². The highest BCUT2D eigenvalue weighted by molar-refractivity contribution is 7.14. The van der Waals surface area contributed by atoms with Gasteiger partial charge in [-0.2, -0.15) is 0 Å². The van der Waals surface area contributed by atoms with Crippen molar-refractivity contribution in [1.29, 1.82) is 0 Å². The van der Waals surface area contributed by atoms with Gasteiger partial charge in [-0.3, -0.25) is 4.90 Å². The number of hydrogen-bond donors (Lipinski definition) is 0. The number of rotatable bonds is 8. The highest BCUT2D eigenvalue weighted by Gasteiger charge is 2.28. The minimum Gasteiger partial charge on any atom is -0.348 e. The van der Waals surface area contributed by atoms with E-state index in [0.29, 0.717) is 0 Å². The molecule has 0 bridgehead atoms. The predicted molar refractivity (Wildman–Crippen MR) is 144 cm³/mol. The Hall–Kier alpha value is -1.43. The number of likely N-dealkylation sites (N-methyl/N-ethyl adjacent to an activating group) is 1. The van der Waals surface area contributed by atoms with Crippen LogP contribution in [0.1, 0.15) is 70.9 Å². The topological polar surface area (TPSA) is 22.6 Å². The number of hydrogen-bond acceptors (Lipinski definition) is 5. The molecule has 1 aromatic carbocycles. The maximum atomic E-state index is 5.12. The van der Waals surface area contributed by atoms with Gasteiger partial charge in [0.1, 0.15) is 0 Å². The number of piperazine rings is 1. The summed E-state index contributed by atoms with van der Waals surface area (Å²) in [5, 5.41) is 3.47. The van der Waals surface area contributed by atoms with Gasteiger partial charge in [-0.25, -0.2) is 4.98 Å². The summed E-state index contributed by atoms with van der Waals surface area (Å²) < 4.78 is 0. The van der Waals surface area contributed by atoms with Crippen LogP contribution in [0.3, 0.4) is 0 Å². The second-order valence-corrected chi connectivity index (χ2v) is 11.6. The SMILES string of the molecule is CCCCC(C)(C)c1cc(-c2csc(N3CCC(N4CCN(C)CC4)CC3)n2)ccc1CC. The van der Waals surface area contributed by atoms with Crippen LogP contribution in [0.15, 0.2) is 23.6 Å². The van der Waals surface area contributed by atoms with Crippen LogP contribution in [0.2, 0.25) is 0 Å². The van der Waals surface area contributed by atoms with Crippen LogP contribution in [-0.4, -0.2) is 67.1 Å². The van der Waals surface area contributed by atoms with Crippen molar-refractivity contribution in [3.8, 4) is 11.3 Å². The first-order valence-corrected chi connectivity index (χ1v) is 14.1. The Kier molecular flexibility index (Phi) is 8.14. The van der Waals surface area contributed by atoms with Gasteiger partial charge in [0.25, 0.3) is 0 Å². The summed E-state index contributed by atoms with van der Waals surface area (Å²) in [6.07, 6.45) is 7.40. The zero-order valence-electron chi connectivity index (χ0n) is 21.6. The number of piperidine rings is 1. The number of aryl methyl sites for hydroxylation is 1. The van der Waals surface area contributed by atoms with Gasteiger partial charge in [-0.15, -0.1) is 11.3 Å². The first kappa shape index (κ1) is 24.7. The van der Waals surface area contributed by atoms with Crippen molar-refractivity contribution in [2.45, 2.75) is 77.7 Å². The largest absolute Gasteiger partial charge is 0.348 e. The Labute approximate surface area is 206 Å². The van der Waals surface area contributed by atoms with Gasteiger partial charge >= 0.3 is 0 Å². The van der Waals surface area contributed by atoms with Crippen LogP contribution in [0.4, 0.5) is 5.13 Å². The Balaban J connectivity index is 1.44. The smallest absolute Gasteiger partial charge is 0.185 e. The minimum atomic E-state index is 0.210. The van der Waals surface area contributed by atoms with Crippen molar-refractivity contribution in [3.05, 3.63) is 34.7 Å². The molecule has 1 aromatic heterocycles. The summed E-state index contributed by atoms with van der Waals surface area (Å²) in [5.41, 5.74) is 5.63. The molecule has 2 aliphatic heterocycles. The monoisotopic (exact) mass is 468 g/mol. The molecule has 0 aliphatic carbocycles. The van der Waals surface area contributed by atoms with Gasteiger partial charge < -0.3 is 9.80 Å². The molecule has 2 saturated heterocycles. The summed E-state index contributed by atoms with van der Waals surface area (Å²) in [7, 11) is 2.24. The van der Waals surface area contributed by atoms with E-state index in [2.05, 4.69) is 73.0 Å². The Morgan fingerprint density at radius 3 is 2.42 bits per heavy atom. The van der Waals surface area contributed by atoms with Crippen molar-refractivity contribution < 1.29 is 0 Å². The Morgan fingerprint density at radius 1 is 1.03 bits per heavy atom. The fourth-order valence-electron chi connectivity index (χ4n) is 5.58. The van der Waals surface area contributed by atoms with Gasteiger partial charge in [-0.05, 0) is 55.3 Å².